The molecule has 2 aromatic carbocycles. The second-order valence-corrected chi connectivity index (χ2v) is 7.84. The molecule has 3 rings (SSSR count). The van der Waals surface area contributed by atoms with Gasteiger partial charge in [0.25, 0.3) is 11.8 Å². The van der Waals surface area contributed by atoms with Gasteiger partial charge in [-0.2, -0.15) is 0 Å². The third-order valence-corrected chi connectivity index (χ3v) is 5.07. The number of esters is 1. The molecule has 1 fully saturated rings. The first kappa shape index (κ1) is 22.6. The molecule has 31 heavy (non-hydrogen) atoms. The predicted molar refractivity (Wildman–Crippen MR) is 115 cm³/mol. The Morgan fingerprint density at radius 2 is 1.94 bits per heavy atom. The molecular formula is C21H19Cl2N3O5. The number of hydrogen-bond acceptors (Lipinski definition) is 5. The van der Waals surface area contributed by atoms with Crippen LogP contribution in [-0.4, -0.2) is 41.9 Å². The number of hydrogen-bond donors (Lipinski definition) is 2. The first-order valence-electron chi connectivity index (χ1n) is 9.32. The molecule has 0 unspecified atom stereocenters. The summed E-state index contributed by atoms with van der Waals surface area (Å²) in [7, 11) is 0. The maximum atomic E-state index is 12.3. The number of nitrogens with one attached hydrogen (secondary N) is 2. The number of carbonyl (C=O) groups is 4. The smallest absolute Gasteiger partial charge is 0.311 e. The highest BCUT2D eigenvalue weighted by molar-refractivity contribution is 6.36. The maximum Gasteiger partial charge on any atom is 0.311 e. The van der Waals surface area contributed by atoms with Crippen molar-refractivity contribution in [1.29, 1.82) is 0 Å². The molecule has 1 atom stereocenters. The van der Waals surface area contributed by atoms with E-state index in [0.717, 1.165) is 10.6 Å². The van der Waals surface area contributed by atoms with Gasteiger partial charge < -0.3 is 10.1 Å². The third kappa shape index (κ3) is 5.96. The standard InChI is InChI=1S/C21H19Cl2N3O5/c1-12-3-2-4-13(7-12)20(29)25-26-10-14(8-19(26)28)21(30)31-11-18(27)24-17-6-5-15(22)9-16(17)23/h2-7,9,14H,8,10-11H2,1H3,(H,24,27)(H,25,29)/t14-/m0/s1. The van der Waals surface area contributed by atoms with Crippen LogP contribution in [0.25, 0.3) is 0 Å². The molecule has 0 aliphatic carbocycles. The number of hydrazine groups is 1. The van der Waals surface area contributed by atoms with E-state index in [1.165, 1.54) is 12.1 Å². The Morgan fingerprint density at radius 1 is 1.16 bits per heavy atom. The Bertz CT molecular complexity index is 1040. The van der Waals surface area contributed by atoms with Crippen LogP contribution in [0.2, 0.25) is 10.0 Å². The number of benzene rings is 2. The van der Waals surface area contributed by atoms with Crippen molar-refractivity contribution in [2.45, 2.75) is 13.3 Å². The van der Waals surface area contributed by atoms with E-state index in [4.69, 9.17) is 27.9 Å². The van der Waals surface area contributed by atoms with Crippen LogP contribution >= 0.6 is 23.2 Å². The average molecular weight is 464 g/mol. The van der Waals surface area contributed by atoms with Gasteiger partial charge in [-0.05, 0) is 37.3 Å². The van der Waals surface area contributed by atoms with Crippen LogP contribution in [0, 0.1) is 12.8 Å². The molecule has 0 bridgehead atoms. The van der Waals surface area contributed by atoms with E-state index in [0.29, 0.717) is 16.3 Å². The molecule has 8 nitrogen and oxygen atoms in total. The first-order valence-corrected chi connectivity index (χ1v) is 10.1. The first-order chi connectivity index (χ1) is 14.7. The number of ether oxygens (including phenoxy) is 1. The molecule has 1 aliphatic heterocycles. The summed E-state index contributed by atoms with van der Waals surface area (Å²) in [5.74, 6) is -2.97. The van der Waals surface area contributed by atoms with Gasteiger partial charge in [-0.3, -0.25) is 29.6 Å². The lowest BCUT2D eigenvalue weighted by Crippen LogP contribution is -2.43. The van der Waals surface area contributed by atoms with E-state index >= 15 is 0 Å². The Labute approximate surface area is 188 Å². The van der Waals surface area contributed by atoms with Crippen molar-refractivity contribution < 1.29 is 23.9 Å². The summed E-state index contributed by atoms with van der Waals surface area (Å²) in [5, 5.41) is 4.26. The molecule has 0 radical (unpaired) electrons. The van der Waals surface area contributed by atoms with Crippen LogP contribution in [0.15, 0.2) is 42.5 Å². The largest absolute Gasteiger partial charge is 0.455 e. The normalized spacial score (nSPS) is 15.5. The van der Waals surface area contributed by atoms with Gasteiger partial charge in [-0.1, -0.05) is 40.9 Å². The Hall–Kier alpha value is -3.10. The van der Waals surface area contributed by atoms with Gasteiger partial charge >= 0.3 is 5.97 Å². The van der Waals surface area contributed by atoms with Crippen molar-refractivity contribution in [3.63, 3.8) is 0 Å². The lowest BCUT2D eigenvalue weighted by molar-refractivity contribution is -0.151. The molecule has 162 valence electrons. The maximum absolute atomic E-state index is 12.3. The Kier molecular flexibility index (Phi) is 7.14. The average Bonchev–Trinajstić information content (AvgIpc) is 3.08. The van der Waals surface area contributed by atoms with Crippen LogP contribution in [0.1, 0.15) is 22.3 Å². The summed E-state index contributed by atoms with van der Waals surface area (Å²) in [6, 6.07) is 11.4. The molecule has 10 heteroatoms. The van der Waals surface area contributed by atoms with E-state index in [1.807, 2.05) is 13.0 Å². The summed E-state index contributed by atoms with van der Waals surface area (Å²) in [4.78, 5) is 48.8. The van der Waals surface area contributed by atoms with E-state index in [1.54, 1.807) is 24.3 Å². The summed E-state index contributed by atoms with van der Waals surface area (Å²) >= 11 is 11.8. The van der Waals surface area contributed by atoms with Crippen molar-refractivity contribution in [2.75, 3.05) is 18.5 Å². The van der Waals surface area contributed by atoms with Gasteiger partial charge in [0.05, 0.1) is 23.2 Å². The fourth-order valence-corrected chi connectivity index (χ4v) is 3.43. The fraction of sp³-hybridized carbons (Fsp3) is 0.238. The highest BCUT2D eigenvalue weighted by atomic mass is 35.5. The Balaban J connectivity index is 1.49. The van der Waals surface area contributed by atoms with Gasteiger partial charge in [0.15, 0.2) is 6.61 Å². The van der Waals surface area contributed by atoms with Crippen molar-refractivity contribution in [1.82, 2.24) is 10.4 Å². The number of anilines is 1. The highest BCUT2D eigenvalue weighted by Crippen LogP contribution is 2.25. The second-order valence-electron chi connectivity index (χ2n) is 7.00. The van der Waals surface area contributed by atoms with Gasteiger partial charge in [-0.25, -0.2) is 0 Å². The zero-order chi connectivity index (χ0) is 22.5. The number of nitrogens with zero attached hydrogens (tertiary/aromatic N) is 1. The number of carbonyl (C=O) groups excluding carboxylic acids is 4. The van der Waals surface area contributed by atoms with Crippen molar-refractivity contribution >= 4 is 52.6 Å². The summed E-state index contributed by atoms with van der Waals surface area (Å²) in [5.41, 5.74) is 4.13. The van der Waals surface area contributed by atoms with Crippen LogP contribution in [0.4, 0.5) is 5.69 Å². The summed E-state index contributed by atoms with van der Waals surface area (Å²) < 4.78 is 5.01. The van der Waals surface area contributed by atoms with E-state index < -0.39 is 36.2 Å². The van der Waals surface area contributed by atoms with Crippen LogP contribution in [0.5, 0.6) is 0 Å². The third-order valence-electron chi connectivity index (χ3n) is 4.53. The highest BCUT2D eigenvalue weighted by Gasteiger charge is 2.36. The lowest BCUT2D eigenvalue weighted by atomic mass is 10.1. The number of halogens is 2. The molecule has 2 N–H and O–H groups in total. The van der Waals surface area contributed by atoms with Crippen molar-refractivity contribution in [3.05, 3.63) is 63.6 Å². The topological polar surface area (TPSA) is 105 Å². The SMILES string of the molecule is Cc1cccc(C(=O)NN2C[C@@H](C(=O)OCC(=O)Nc3ccc(Cl)cc3Cl)CC2=O)c1. The molecule has 2 aromatic rings. The minimum absolute atomic E-state index is 0.0418. The summed E-state index contributed by atoms with van der Waals surface area (Å²) in [6.07, 6.45) is -0.127. The quantitative estimate of drug-likeness (QED) is 0.640. The van der Waals surface area contributed by atoms with Gasteiger partial charge in [0.2, 0.25) is 5.91 Å². The van der Waals surface area contributed by atoms with E-state index in [2.05, 4.69) is 10.7 Å². The second kappa shape index (κ2) is 9.80. The molecular weight excluding hydrogens is 445 g/mol. The predicted octanol–water partition coefficient (Wildman–Crippen LogP) is 2.98. The van der Waals surface area contributed by atoms with Gasteiger partial charge in [0, 0.05) is 17.0 Å². The zero-order valence-electron chi connectivity index (χ0n) is 16.5. The zero-order valence-corrected chi connectivity index (χ0v) is 18.0. The molecule has 0 saturated carbocycles. The number of amides is 3. The molecule has 0 aromatic heterocycles. The lowest BCUT2D eigenvalue weighted by Gasteiger charge is -2.17. The van der Waals surface area contributed by atoms with Crippen molar-refractivity contribution in [3.8, 4) is 0 Å². The number of rotatable bonds is 6. The Morgan fingerprint density at radius 3 is 2.65 bits per heavy atom. The minimum Gasteiger partial charge on any atom is -0.455 e. The molecule has 1 heterocycles. The number of aryl methyl sites for hydroxylation is 1. The van der Waals surface area contributed by atoms with Gasteiger partial charge in [0.1, 0.15) is 0 Å². The van der Waals surface area contributed by atoms with E-state index in [-0.39, 0.29) is 18.0 Å². The molecule has 1 aliphatic rings. The molecule has 1 saturated heterocycles. The van der Waals surface area contributed by atoms with Crippen LogP contribution < -0.4 is 10.7 Å². The van der Waals surface area contributed by atoms with Crippen LogP contribution in [0.3, 0.4) is 0 Å². The van der Waals surface area contributed by atoms with E-state index in [9.17, 15) is 19.2 Å². The van der Waals surface area contributed by atoms with Gasteiger partial charge in [-0.15, -0.1) is 0 Å². The molecule has 3 amide bonds. The summed E-state index contributed by atoms with van der Waals surface area (Å²) in [6.45, 7) is 1.26. The minimum atomic E-state index is -0.794. The molecule has 0 spiro atoms. The van der Waals surface area contributed by atoms with Crippen molar-refractivity contribution in [2.24, 2.45) is 5.92 Å². The van der Waals surface area contributed by atoms with Crippen LogP contribution in [-0.2, 0) is 19.1 Å². The monoisotopic (exact) mass is 463 g/mol. The fourth-order valence-electron chi connectivity index (χ4n) is 2.98.